The molecule has 1 fully saturated rings. The first kappa shape index (κ1) is 18.9. The van der Waals surface area contributed by atoms with E-state index < -0.39 is 15.7 Å². The maximum Gasteiger partial charge on any atom is 0.236 e. The van der Waals surface area contributed by atoms with Crippen molar-refractivity contribution in [2.24, 2.45) is 0 Å². The van der Waals surface area contributed by atoms with Gasteiger partial charge < -0.3 is 18.8 Å². The quantitative estimate of drug-likeness (QED) is 0.624. The Bertz CT molecular complexity index is 1180. The second-order valence-electron chi connectivity index (χ2n) is 7.14. The standard InChI is InChI=1S/C21H19FN2O5S/c22-15-5-3-14(4-6-15)19-23-20(21(29-19)24-9-1-2-10-24)30(25,26)16-7-8-17-18(13-16)28-12-11-27-17/h3-8,13H,1-2,9-12H2. The van der Waals surface area contributed by atoms with E-state index in [1.165, 1.54) is 36.4 Å². The Morgan fingerprint density at radius 2 is 1.63 bits per heavy atom. The molecule has 7 nitrogen and oxygen atoms in total. The van der Waals surface area contributed by atoms with Gasteiger partial charge in [-0.05, 0) is 49.2 Å². The molecule has 0 aliphatic carbocycles. The first-order valence-electron chi connectivity index (χ1n) is 9.69. The van der Waals surface area contributed by atoms with Gasteiger partial charge in [-0.15, -0.1) is 0 Å². The Hall–Kier alpha value is -3.07. The second-order valence-corrected chi connectivity index (χ2v) is 9.00. The molecule has 0 amide bonds. The molecule has 5 rings (SSSR count). The van der Waals surface area contributed by atoms with Crippen molar-refractivity contribution in [2.45, 2.75) is 22.8 Å². The van der Waals surface area contributed by atoms with E-state index >= 15 is 0 Å². The van der Waals surface area contributed by atoms with Crippen LogP contribution in [0.2, 0.25) is 0 Å². The third-order valence-corrected chi connectivity index (χ3v) is 6.79. The first-order chi connectivity index (χ1) is 14.5. The Morgan fingerprint density at radius 1 is 0.933 bits per heavy atom. The average molecular weight is 430 g/mol. The number of anilines is 1. The second kappa shape index (κ2) is 7.32. The fourth-order valence-corrected chi connectivity index (χ4v) is 4.95. The fraction of sp³-hybridized carbons (Fsp3) is 0.286. The van der Waals surface area contributed by atoms with Crippen LogP contribution >= 0.6 is 0 Å². The molecule has 2 aliphatic rings. The van der Waals surface area contributed by atoms with Gasteiger partial charge in [-0.2, -0.15) is 4.98 Å². The Morgan fingerprint density at radius 3 is 2.37 bits per heavy atom. The van der Waals surface area contributed by atoms with E-state index in [-0.39, 0.29) is 21.7 Å². The smallest absolute Gasteiger partial charge is 0.236 e. The molecular weight excluding hydrogens is 411 g/mol. The number of hydrogen-bond donors (Lipinski definition) is 0. The van der Waals surface area contributed by atoms with Crippen LogP contribution in [0.3, 0.4) is 0 Å². The molecule has 0 radical (unpaired) electrons. The summed E-state index contributed by atoms with van der Waals surface area (Å²) in [5.41, 5.74) is 0.500. The van der Waals surface area contributed by atoms with Crippen LogP contribution in [-0.2, 0) is 9.84 Å². The lowest BCUT2D eigenvalue weighted by molar-refractivity contribution is 0.171. The van der Waals surface area contributed by atoms with Crippen molar-refractivity contribution < 1.29 is 26.7 Å². The van der Waals surface area contributed by atoms with Gasteiger partial charge in [0.25, 0.3) is 0 Å². The molecule has 2 aliphatic heterocycles. The highest BCUT2D eigenvalue weighted by Gasteiger charge is 2.33. The Kier molecular flexibility index (Phi) is 4.62. The van der Waals surface area contributed by atoms with E-state index in [1.54, 1.807) is 6.07 Å². The highest BCUT2D eigenvalue weighted by atomic mass is 32.2. The van der Waals surface area contributed by atoms with E-state index in [4.69, 9.17) is 13.9 Å². The summed E-state index contributed by atoms with van der Waals surface area (Å²) >= 11 is 0. The minimum absolute atomic E-state index is 0.0474. The van der Waals surface area contributed by atoms with E-state index in [0.717, 1.165) is 12.8 Å². The van der Waals surface area contributed by atoms with Crippen LogP contribution in [-0.4, -0.2) is 39.7 Å². The summed E-state index contributed by atoms with van der Waals surface area (Å²) in [5.74, 6) is 0.836. The van der Waals surface area contributed by atoms with E-state index in [2.05, 4.69) is 4.98 Å². The van der Waals surface area contributed by atoms with E-state index in [0.29, 0.717) is 43.4 Å². The van der Waals surface area contributed by atoms with Crippen molar-refractivity contribution in [3.05, 3.63) is 48.3 Å². The average Bonchev–Trinajstić information content (AvgIpc) is 3.44. The normalized spacial score (nSPS) is 16.1. The van der Waals surface area contributed by atoms with Crippen LogP contribution in [0.5, 0.6) is 11.5 Å². The number of ether oxygens (including phenoxy) is 2. The Balaban J connectivity index is 1.62. The topological polar surface area (TPSA) is 81.9 Å². The van der Waals surface area contributed by atoms with Crippen LogP contribution in [0, 0.1) is 5.82 Å². The molecule has 0 spiro atoms. The largest absolute Gasteiger partial charge is 0.486 e. The van der Waals surface area contributed by atoms with Crippen LogP contribution in [0.25, 0.3) is 11.5 Å². The van der Waals surface area contributed by atoms with Crippen LogP contribution in [0.1, 0.15) is 12.8 Å². The molecule has 0 atom stereocenters. The van der Waals surface area contributed by atoms with Gasteiger partial charge in [-0.25, -0.2) is 12.8 Å². The molecule has 3 heterocycles. The molecule has 156 valence electrons. The van der Waals surface area contributed by atoms with Crippen LogP contribution in [0.15, 0.2) is 56.8 Å². The zero-order valence-electron chi connectivity index (χ0n) is 16.0. The van der Waals surface area contributed by atoms with Gasteiger partial charge in [0.1, 0.15) is 19.0 Å². The lowest BCUT2D eigenvalue weighted by Gasteiger charge is -2.19. The zero-order chi connectivity index (χ0) is 20.7. The maximum absolute atomic E-state index is 13.5. The molecule has 1 saturated heterocycles. The van der Waals surface area contributed by atoms with Gasteiger partial charge >= 0.3 is 0 Å². The van der Waals surface area contributed by atoms with Crippen molar-refractivity contribution in [3.8, 4) is 23.0 Å². The third-order valence-electron chi connectivity index (χ3n) is 5.14. The summed E-state index contributed by atoms with van der Waals surface area (Å²) < 4.78 is 57.2. The van der Waals surface area contributed by atoms with Crippen molar-refractivity contribution >= 4 is 15.7 Å². The van der Waals surface area contributed by atoms with Gasteiger partial charge in [-0.1, -0.05) is 0 Å². The number of rotatable bonds is 4. The molecule has 9 heteroatoms. The van der Waals surface area contributed by atoms with Crippen molar-refractivity contribution in [1.82, 2.24) is 4.98 Å². The Labute approximate surface area is 173 Å². The monoisotopic (exact) mass is 430 g/mol. The van der Waals surface area contributed by atoms with Crippen molar-refractivity contribution in [3.63, 3.8) is 0 Å². The first-order valence-corrected chi connectivity index (χ1v) is 11.2. The number of benzene rings is 2. The number of fused-ring (bicyclic) bond motifs is 1. The lowest BCUT2D eigenvalue weighted by Crippen LogP contribution is -2.20. The van der Waals surface area contributed by atoms with E-state index in [1.807, 2.05) is 4.90 Å². The lowest BCUT2D eigenvalue weighted by atomic mass is 10.2. The highest BCUT2D eigenvalue weighted by Crippen LogP contribution is 2.39. The summed E-state index contributed by atoms with van der Waals surface area (Å²) in [5, 5.41) is -0.152. The van der Waals surface area contributed by atoms with Crippen molar-refractivity contribution in [2.75, 3.05) is 31.2 Å². The summed E-state index contributed by atoms with van der Waals surface area (Å²) in [6.45, 7) is 2.14. The van der Waals surface area contributed by atoms with Crippen LogP contribution < -0.4 is 14.4 Å². The van der Waals surface area contributed by atoms with Crippen LogP contribution in [0.4, 0.5) is 10.3 Å². The minimum atomic E-state index is -3.99. The maximum atomic E-state index is 13.5. The highest BCUT2D eigenvalue weighted by molar-refractivity contribution is 7.91. The molecule has 0 saturated carbocycles. The molecule has 3 aromatic rings. The van der Waals surface area contributed by atoms with Gasteiger partial charge in [0.15, 0.2) is 11.5 Å². The zero-order valence-corrected chi connectivity index (χ0v) is 16.8. The number of sulfone groups is 1. The van der Waals surface area contributed by atoms with Gasteiger partial charge in [0.2, 0.25) is 26.6 Å². The summed E-state index contributed by atoms with van der Waals surface area (Å²) in [7, 11) is -3.99. The number of nitrogens with zero attached hydrogens (tertiary/aromatic N) is 2. The number of aromatic nitrogens is 1. The number of halogens is 1. The number of hydrogen-bond acceptors (Lipinski definition) is 7. The predicted molar refractivity (Wildman–Crippen MR) is 106 cm³/mol. The van der Waals surface area contributed by atoms with E-state index in [9.17, 15) is 12.8 Å². The molecule has 0 N–H and O–H groups in total. The van der Waals surface area contributed by atoms with Crippen molar-refractivity contribution in [1.29, 1.82) is 0 Å². The van der Waals surface area contributed by atoms with Gasteiger partial charge in [0, 0.05) is 24.7 Å². The van der Waals surface area contributed by atoms with Gasteiger partial charge in [0.05, 0.1) is 4.90 Å². The predicted octanol–water partition coefficient (Wildman–Crippen LogP) is 3.68. The molecule has 2 aromatic carbocycles. The molecular formula is C21H19FN2O5S. The minimum Gasteiger partial charge on any atom is -0.486 e. The summed E-state index contributed by atoms with van der Waals surface area (Å²) in [4.78, 5) is 6.25. The SMILES string of the molecule is O=S(=O)(c1ccc2c(c1)OCCO2)c1nc(-c2ccc(F)cc2)oc1N1CCCC1. The number of oxazole rings is 1. The molecule has 1 aromatic heterocycles. The molecule has 0 unspecified atom stereocenters. The summed E-state index contributed by atoms with van der Waals surface area (Å²) in [6, 6.07) is 10.1. The summed E-state index contributed by atoms with van der Waals surface area (Å²) in [6.07, 6.45) is 1.88. The fourth-order valence-electron chi connectivity index (χ4n) is 3.61. The molecule has 30 heavy (non-hydrogen) atoms. The van der Waals surface area contributed by atoms with Gasteiger partial charge in [-0.3, -0.25) is 0 Å². The third kappa shape index (κ3) is 3.28. The molecule has 0 bridgehead atoms.